The van der Waals surface area contributed by atoms with Crippen molar-refractivity contribution < 1.29 is 14.4 Å². The Kier molecular flexibility index (Phi) is 5.12. The third-order valence-electron chi connectivity index (χ3n) is 4.94. The van der Waals surface area contributed by atoms with Crippen molar-refractivity contribution >= 4 is 40.0 Å². The molecule has 3 heterocycles. The first-order valence-electron chi connectivity index (χ1n) is 9.12. The van der Waals surface area contributed by atoms with Gasteiger partial charge in [-0.3, -0.25) is 25.2 Å². The summed E-state index contributed by atoms with van der Waals surface area (Å²) in [6, 6.07) is 11.1. The molecule has 1 saturated heterocycles. The maximum absolute atomic E-state index is 12.5. The Morgan fingerprint density at radius 2 is 1.96 bits per heavy atom. The highest BCUT2D eigenvalue weighted by molar-refractivity contribution is 7.12. The molecule has 1 aromatic carbocycles. The smallest absolute Gasteiger partial charge is 0.271 e. The lowest BCUT2D eigenvalue weighted by atomic mass is 9.97. The first-order valence-corrected chi connectivity index (χ1v) is 10.0. The molecule has 0 unspecified atom stereocenters. The Morgan fingerprint density at radius 1 is 1.11 bits per heavy atom. The van der Waals surface area contributed by atoms with Gasteiger partial charge < -0.3 is 9.88 Å². The molecule has 3 amide bonds. The summed E-state index contributed by atoms with van der Waals surface area (Å²) in [5, 5.41) is 2.65. The molecule has 3 N–H and O–H groups in total. The molecule has 1 fully saturated rings. The van der Waals surface area contributed by atoms with E-state index in [1.165, 1.54) is 11.3 Å². The zero-order valence-electron chi connectivity index (χ0n) is 15.1. The number of nitrogens with one attached hydrogen (secondary N) is 3. The second-order valence-corrected chi connectivity index (χ2v) is 7.71. The summed E-state index contributed by atoms with van der Waals surface area (Å²) < 4.78 is 0. The molecule has 1 aliphatic rings. The van der Waals surface area contributed by atoms with E-state index in [9.17, 15) is 14.4 Å². The highest BCUT2D eigenvalue weighted by Crippen LogP contribution is 2.21. The number of hydrogen-bond acceptors (Lipinski definition) is 4. The quantitative estimate of drug-likeness (QED) is 0.594. The number of rotatable bonds is 3. The van der Waals surface area contributed by atoms with Gasteiger partial charge in [0.2, 0.25) is 5.91 Å². The van der Waals surface area contributed by atoms with Gasteiger partial charge in [-0.25, -0.2) is 0 Å². The fraction of sp³-hybridized carbons (Fsp3) is 0.250. The largest absolute Gasteiger partial charge is 0.360 e. The van der Waals surface area contributed by atoms with Gasteiger partial charge in [-0.15, -0.1) is 11.3 Å². The molecule has 2 aromatic heterocycles. The number of hydrazine groups is 1. The van der Waals surface area contributed by atoms with Gasteiger partial charge in [-0.05, 0) is 30.4 Å². The topological polar surface area (TPSA) is 94.3 Å². The van der Waals surface area contributed by atoms with Crippen LogP contribution in [0.4, 0.5) is 0 Å². The normalized spacial score (nSPS) is 16.7. The zero-order chi connectivity index (χ0) is 19.5. The van der Waals surface area contributed by atoms with E-state index >= 15 is 0 Å². The van der Waals surface area contributed by atoms with Crippen LogP contribution in [0, 0.1) is 5.92 Å². The number of aromatic nitrogens is 1. The van der Waals surface area contributed by atoms with Crippen LogP contribution >= 0.6 is 11.3 Å². The Bertz CT molecular complexity index is 1010. The zero-order valence-corrected chi connectivity index (χ0v) is 15.9. The second kappa shape index (κ2) is 7.85. The van der Waals surface area contributed by atoms with Gasteiger partial charge in [0.15, 0.2) is 0 Å². The van der Waals surface area contributed by atoms with Crippen LogP contribution in [-0.2, 0) is 4.79 Å². The van der Waals surface area contributed by atoms with Crippen LogP contribution in [0.3, 0.4) is 0 Å². The van der Waals surface area contributed by atoms with Gasteiger partial charge in [0.1, 0.15) is 0 Å². The summed E-state index contributed by atoms with van der Waals surface area (Å²) in [6.45, 7) is 0.994. The average molecular weight is 396 g/mol. The van der Waals surface area contributed by atoms with Crippen LogP contribution in [0.5, 0.6) is 0 Å². The fourth-order valence-electron chi connectivity index (χ4n) is 3.48. The van der Waals surface area contributed by atoms with Gasteiger partial charge in [0, 0.05) is 30.2 Å². The molecular weight excluding hydrogens is 376 g/mol. The summed E-state index contributed by atoms with van der Waals surface area (Å²) in [5.41, 5.74) is 6.32. The number of para-hydroxylation sites is 1. The van der Waals surface area contributed by atoms with Crippen molar-refractivity contribution in [1.82, 2.24) is 20.7 Å². The number of H-pyrrole nitrogens is 1. The van der Waals surface area contributed by atoms with Gasteiger partial charge in [0.05, 0.1) is 16.4 Å². The second-order valence-electron chi connectivity index (χ2n) is 6.76. The molecule has 28 heavy (non-hydrogen) atoms. The van der Waals surface area contributed by atoms with Gasteiger partial charge in [-0.1, -0.05) is 24.3 Å². The first kappa shape index (κ1) is 18.2. The van der Waals surface area contributed by atoms with Gasteiger partial charge in [0.25, 0.3) is 11.8 Å². The van der Waals surface area contributed by atoms with E-state index in [1.807, 2.05) is 35.7 Å². The molecule has 1 aliphatic heterocycles. The summed E-state index contributed by atoms with van der Waals surface area (Å²) in [7, 11) is 0. The highest BCUT2D eigenvalue weighted by atomic mass is 32.1. The number of nitrogens with zero attached hydrogens (tertiary/aromatic N) is 1. The molecule has 3 aromatic rings. The Morgan fingerprint density at radius 3 is 2.79 bits per heavy atom. The molecule has 0 aliphatic carbocycles. The van der Waals surface area contributed by atoms with Crippen molar-refractivity contribution in [2.45, 2.75) is 12.8 Å². The predicted octanol–water partition coefficient (Wildman–Crippen LogP) is 2.54. The number of fused-ring (bicyclic) bond motifs is 1. The number of carbonyl (C=O) groups is 3. The lowest BCUT2D eigenvalue weighted by Crippen LogP contribution is -2.50. The number of likely N-dealkylation sites (tertiary alicyclic amines) is 1. The van der Waals surface area contributed by atoms with Crippen LogP contribution in [0.1, 0.15) is 32.9 Å². The lowest BCUT2D eigenvalue weighted by Gasteiger charge is -2.31. The third-order valence-corrected chi connectivity index (χ3v) is 5.80. The summed E-state index contributed by atoms with van der Waals surface area (Å²) in [6.07, 6.45) is 3.06. The minimum absolute atomic E-state index is 0.0460. The van der Waals surface area contributed by atoms with E-state index in [4.69, 9.17) is 0 Å². The molecule has 0 saturated carbocycles. The van der Waals surface area contributed by atoms with E-state index in [-0.39, 0.29) is 23.6 Å². The fourth-order valence-corrected chi connectivity index (χ4v) is 4.17. The number of benzene rings is 1. The maximum Gasteiger partial charge on any atom is 0.271 e. The van der Waals surface area contributed by atoms with E-state index in [0.29, 0.717) is 30.0 Å². The van der Waals surface area contributed by atoms with Gasteiger partial charge in [-0.2, -0.15) is 0 Å². The van der Waals surface area contributed by atoms with Crippen molar-refractivity contribution in [3.05, 3.63) is 58.4 Å². The molecule has 0 bridgehead atoms. The maximum atomic E-state index is 12.5. The van der Waals surface area contributed by atoms with Crippen molar-refractivity contribution in [2.24, 2.45) is 5.92 Å². The summed E-state index contributed by atoms with van der Waals surface area (Å²) in [4.78, 5) is 42.9. The van der Waals surface area contributed by atoms with E-state index in [1.54, 1.807) is 17.2 Å². The number of aromatic amines is 1. The van der Waals surface area contributed by atoms with Crippen molar-refractivity contribution in [3.8, 4) is 0 Å². The summed E-state index contributed by atoms with van der Waals surface area (Å²) >= 11 is 1.40. The molecule has 0 spiro atoms. The van der Waals surface area contributed by atoms with Crippen molar-refractivity contribution in [1.29, 1.82) is 0 Å². The number of piperidine rings is 1. The van der Waals surface area contributed by atoms with Crippen LogP contribution in [0.25, 0.3) is 10.9 Å². The van der Waals surface area contributed by atoms with Crippen LogP contribution in [0.15, 0.2) is 48.0 Å². The average Bonchev–Trinajstić information content (AvgIpc) is 3.41. The minimum Gasteiger partial charge on any atom is -0.360 e. The minimum atomic E-state index is -0.381. The molecule has 144 valence electrons. The third kappa shape index (κ3) is 3.63. The van der Waals surface area contributed by atoms with Crippen LogP contribution in [-0.4, -0.2) is 40.7 Å². The number of thiophene rings is 1. The summed E-state index contributed by atoms with van der Waals surface area (Å²) in [5.74, 6) is -1.05. The molecule has 0 radical (unpaired) electrons. The van der Waals surface area contributed by atoms with Crippen molar-refractivity contribution in [2.75, 3.05) is 13.1 Å². The monoisotopic (exact) mass is 396 g/mol. The Hall–Kier alpha value is -3.13. The molecule has 4 rings (SSSR count). The SMILES string of the molecule is O=C(NNC(=O)[C@@H]1CCCN(C(=O)c2cccs2)C1)c1c[nH]c2ccccc12. The number of carbonyl (C=O) groups excluding carboxylic acids is 3. The van der Waals surface area contributed by atoms with Crippen LogP contribution < -0.4 is 10.9 Å². The highest BCUT2D eigenvalue weighted by Gasteiger charge is 2.29. The van der Waals surface area contributed by atoms with Crippen molar-refractivity contribution in [3.63, 3.8) is 0 Å². The molecule has 7 nitrogen and oxygen atoms in total. The molecule has 1 atom stereocenters. The molecular formula is C20H20N4O3S. The van der Waals surface area contributed by atoms with E-state index in [2.05, 4.69) is 15.8 Å². The standard InChI is InChI=1S/C20H20N4O3S/c25-18(13-5-3-9-24(12-13)20(27)17-8-4-10-28-17)22-23-19(26)15-11-21-16-7-2-1-6-14(15)16/h1-2,4,6-8,10-11,13,21H,3,5,9,12H2,(H,22,25)(H,23,26)/t13-/m1/s1. The van der Waals surface area contributed by atoms with E-state index < -0.39 is 0 Å². The lowest BCUT2D eigenvalue weighted by molar-refractivity contribution is -0.127. The number of hydrogen-bond donors (Lipinski definition) is 3. The number of amides is 3. The predicted molar refractivity (Wildman–Crippen MR) is 107 cm³/mol. The Labute approximate surface area is 165 Å². The van der Waals surface area contributed by atoms with Crippen LogP contribution in [0.2, 0.25) is 0 Å². The Balaban J connectivity index is 1.35. The first-order chi connectivity index (χ1) is 13.6. The van der Waals surface area contributed by atoms with Gasteiger partial charge >= 0.3 is 0 Å². The molecule has 8 heteroatoms. The van der Waals surface area contributed by atoms with E-state index in [0.717, 1.165) is 17.3 Å².